The zero-order valence-corrected chi connectivity index (χ0v) is 18.8. The quantitative estimate of drug-likeness (QED) is 0.464. The summed E-state index contributed by atoms with van der Waals surface area (Å²) in [6.45, 7) is 4.48. The van der Waals surface area contributed by atoms with Gasteiger partial charge in [-0.3, -0.25) is 14.8 Å². The summed E-state index contributed by atoms with van der Waals surface area (Å²) in [5.74, 6) is -0.262. The second-order valence-corrected chi connectivity index (χ2v) is 8.81. The van der Waals surface area contributed by atoms with Crippen LogP contribution in [-0.4, -0.2) is 65.4 Å². The maximum Gasteiger partial charge on any atom is 0.221 e. The Labute approximate surface area is 194 Å². The SMILES string of the molecule is O=C(C[C@H](Sc1n[nH]c(-c2ccc(F)cc2)n1)c1ccc(F)cc1)NCCN1CCOCC1. The Bertz CT molecular complexity index is 1040. The van der Waals surface area contributed by atoms with Crippen molar-refractivity contribution < 1.29 is 18.3 Å². The second kappa shape index (κ2) is 11.4. The maximum absolute atomic E-state index is 13.4. The molecule has 2 heterocycles. The number of aromatic nitrogens is 3. The smallest absolute Gasteiger partial charge is 0.221 e. The summed E-state index contributed by atoms with van der Waals surface area (Å²) in [5, 5.41) is 10.2. The van der Waals surface area contributed by atoms with Crippen molar-refractivity contribution in [2.75, 3.05) is 39.4 Å². The Morgan fingerprint density at radius 2 is 1.76 bits per heavy atom. The Morgan fingerprint density at radius 1 is 1.09 bits per heavy atom. The van der Waals surface area contributed by atoms with Crippen LogP contribution in [0.15, 0.2) is 53.7 Å². The standard InChI is InChI=1S/C23H25F2N5O2S/c24-18-5-1-16(2-6-18)20(15-21(31)26-9-10-30-11-13-32-14-12-30)33-23-27-22(28-29-23)17-3-7-19(25)8-4-17/h1-8,20H,9-15H2,(H,26,31)(H,27,28,29)/t20-/m0/s1. The molecule has 1 saturated heterocycles. The predicted octanol–water partition coefficient (Wildman–Crippen LogP) is 3.42. The highest BCUT2D eigenvalue weighted by atomic mass is 32.2. The molecule has 2 aromatic carbocycles. The Hall–Kier alpha value is -2.82. The lowest BCUT2D eigenvalue weighted by Crippen LogP contribution is -2.41. The summed E-state index contributed by atoms with van der Waals surface area (Å²) in [7, 11) is 0. The molecule has 1 aliphatic heterocycles. The van der Waals surface area contributed by atoms with Crippen LogP contribution in [0.3, 0.4) is 0 Å². The van der Waals surface area contributed by atoms with Crippen molar-refractivity contribution in [3.63, 3.8) is 0 Å². The van der Waals surface area contributed by atoms with Gasteiger partial charge in [-0.2, -0.15) is 0 Å². The van der Waals surface area contributed by atoms with E-state index in [1.54, 1.807) is 24.3 Å². The van der Waals surface area contributed by atoms with Crippen molar-refractivity contribution in [2.24, 2.45) is 0 Å². The molecule has 1 aliphatic rings. The Kier molecular flexibility index (Phi) is 8.03. The van der Waals surface area contributed by atoms with Gasteiger partial charge in [-0.1, -0.05) is 23.9 Å². The molecule has 3 aromatic rings. The van der Waals surface area contributed by atoms with E-state index in [-0.39, 0.29) is 29.2 Å². The average Bonchev–Trinajstić information content (AvgIpc) is 3.29. The van der Waals surface area contributed by atoms with Crippen LogP contribution in [0.2, 0.25) is 0 Å². The molecule has 1 atom stereocenters. The van der Waals surface area contributed by atoms with Crippen LogP contribution >= 0.6 is 11.8 Å². The number of aromatic amines is 1. The molecule has 2 N–H and O–H groups in total. The van der Waals surface area contributed by atoms with Crippen LogP contribution in [0.1, 0.15) is 17.2 Å². The Balaban J connectivity index is 1.40. The number of amides is 1. The Morgan fingerprint density at radius 3 is 2.45 bits per heavy atom. The van der Waals surface area contributed by atoms with Gasteiger partial charge in [-0.05, 0) is 42.0 Å². The lowest BCUT2D eigenvalue weighted by molar-refractivity contribution is -0.121. The molecule has 174 valence electrons. The summed E-state index contributed by atoms with van der Waals surface area (Å²) in [5.41, 5.74) is 1.51. The van der Waals surface area contributed by atoms with Crippen molar-refractivity contribution in [1.82, 2.24) is 25.4 Å². The minimum absolute atomic E-state index is 0.0978. The van der Waals surface area contributed by atoms with Crippen molar-refractivity contribution in [2.45, 2.75) is 16.8 Å². The highest BCUT2D eigenvalue weighted by Gasteiger charge is 2.21. The topological polar surface area (TPSA) is 83.1 Å². The van der Waals surface area contributed by atoms with Crippen LogP contribution in [0.4, 0.5) is 8.78 Å². The highest BCUT2D eigenvalue weighted by Crippen LogP contribution is 2.36. The molecule has 0 spiro atoms. The third kappa shape index (κ3) is 6.83. The second-order valence-electron chi connectivity index (χ2n) is 7.64. The minimum Gasteiger partial charge on any atom is -0.379 e. The molecule has 1 aromatic heterocycles. The van der Waals surface area contributed by atoms with Crippen LogP contribution in [0.25, 0.3) is 11.4 Å². The first-order chi connectivity index (χ1) is 16.1. The van der Waals surface area contributed by atoms with Crippen LogP contribution in [0, 0.1) is 11.6 Å². The van der Waals surface area contributed by atoms with Gasteiger partial charge < -0.3 is 10.1 Å². The van der Waals surface area contributed by atoms with E-state index in [1.165, 1.54) is 36.0 Å². The minimum atomic E-state index is -0.339. The fourth-order valence-corrected chi connectivity index (χ4v) is 4.51. The highest BCUT2D eigenvalue weighted by molar-refractivity contribution is 7.99. The lowest BCUT2D eigenvalue weighted by Gasteiger charge is -2.26. The first-order valence-electron chi connectivity index (χ1n) is 10.7. The number of ether oxygens (including phenoxy) is 1. The van der Waals surface area contributed by atoms with Gasteiger partial charge in [0.25, 0.3) is 0 Å². The average molecular weight is 474 g/mol. The van der Waals surface area contributed by atoms with Gasteiger partial charge in [0, 0.05) is 43.4 Å². The largest absolute Gasteiger partial charge is 0.379 e. The van der Waals surface area contributed by atoms with E-state index in [0.29, 0.717) is 36.3 Å². The third-order valence-corrected chi connectivity index (χ3v) is 6.41. The van der Waals surface area contributed by atoms with Gasteiger partial charge in [0.15, 0.2) is 5.82 Å². The lowest BCUT2D eigenvalue weighted by atomic mass is 10.1. The summed E-state index contributed by atoms with van der Waals surface area (Å²) in [6.07, 6.45) is 0.194. The number of nitrogens with zero attached hydrogens (tertiary/aromatic N) is 3. The van der Waals surface area contributed by atoms with Crippen molar-refractivity contribution in [3.05, 3.63) is 65.7 Å². The zero-order valence-electron chi connectivity index (χ0n) is 18.0. The molecule has 0 unspecified atom stereocenters. The van der Waals surface area contributed by atoms with E-state index in [9.17, 15) is 13.6 Å². The number of halogens is 2. The number of carbonyl (C=O) groups is 1. The molecule has 10 heteroatoms. The predicted molar refractivity (Wildman–Crippen MR) is 122 cm³/mol. The van der Waals surface area contributed by atoms with Crippen molar-refractivity contribution in [3.8, 4) is 11.4 Å². The maximum atomic E-state index is 13.4. The molecule has 1 amide bonds. The number of nitrogens with one attached hydrogen (secondary N) is 2. The molecule has 0 saturated carbocycles. The summed E-state index contributed by atoms with van der Waals surface area (Å²) >= 11 is 1.32. The fraction of sp³-hybridized carbons (Fsp3) is 0.348. The molecule has 33 heavy (non-hydrogen) atoms. The number of rotatable bonds is 9. The van der Waals surface area contributed by atoms with E-state index in [2.05, 4.69) is 25.4 Å². The number of thioether (sulfide) groups is 1. The van der Waals surface area contributed by atoms with Crippen LogP contribution < -0.4 is 5.32 Å². The molecule has 1 fully saturated rings. The van der Waals surface area contributed by atoms with Gasteiger partial charge in [0.05, 0.1) is 13.2 Å². The van der Waals surface area contributed by atoms with Crippen LogP contribution in [0.5, 0.6) is 0 Å². The van der Waals surface area contributed by atoms with E-state index >= 15 is 0 Å². The normalized spacial score (nSPS) is 15.3. The molecular weight excluding hydrogens is 448 g/mol. The molecule has 0 bridgehead atoms. The molecular formula is C23H25F2N5O2S. The van der Waals surface area contributed by atoms with E-state index in [0.717, 1.165) is 25.2 Å². The van der Waals surface area contributed by atoms with Crippen molar-refractivity contribution >= 4 is 17.7 Å². The number of morpholine rings is 1. The number of hydrogen-bond donors (Lipinski definition) is 2. The van der Waals surface area contributed by atoms with Crippen LogP contribution in [-0.2, 0) is 9.53 Å². The van der Waals surface area contributed by atoms with Crippen molar-refractivity contribution in [1.29, 1.82) is 0 Å². The fourth-order valence-electron chi connectivity index (χ4n) is 3.49. The summed E-state index contributed by atoms with van der Waals surface area (Å²) in [4.78, 5) is 19.4. The number of hydrogen-bond acceptors (Lipinski definition) is 6. The molecule has 0 radical (unpaired) electrons. The molecule has 7 nitrogen and oxygen atoms in total. The summed E-state index contributed by atoms with van der Waals surface area (Å²) < 4.78 is 32.0. The first kappa shape index (κ1) is 23.3. The van der Waals surface area contributed by atoms with E-state index in [4.69, 9.17) is 4.74 Å². The number of H-pyrrole nitrogens is 1. The number of benzene rings is 2. The molecule has 0 aliphatic carbocycles. The van der Waals surface area contributed by atoms with E-state index < -0.39 is 0 Å². The van der Waals surface area contributed by atoms with Gasteiger partial charge in [0.2, 0.25) is 11.1 Å². The van der Waals surface area contributed by atoms with Gasteiger partial charge in [-0.25, -0.2) is 13.8 Å². The van der Waals surface area contributed by atoms with Gasteiger partial charge >= 0.3 is 0 Å². The third-order valence-electron chi connectivity index (χ3n) is 5.30. The zero-order chi connectivity index (χ0) is 23.0. The summed E-state index contributed by atoms with van der Waals surface area (Å²) in [6, 6.07) is 12.0. The van der Waals surface area contributed by atoms with Gasteiger partial charge in [0.1, 0.15) is 11.6 Å². The number of carbonyl (C=O) groups excluding carboxylic acids is 1. The molecule has 4 rings (SSSR count). The monoisotopic (exact) mass is 473 g/mol. The van der Waals surface area contributed by atoms with Gasteiger partial charge in [-0.15, -0.1) is 5.10 Å². The van der Waals surface area contributed by atoms with E-state index in [1.807, 2.05) is 0 Å². The first-order valence-corrected chi connectivity index (χ1v) is 11.6.